The van der Waals surface area contributed by atoms with Gasteiger partial charge in [-0.25, -0.2) is 4.98 Å². The Morgan fingerprint density at radius 3 is 2.90 bits per heavy atom. The molecule has 4 nitrogen and oxygen atoms in total. The molecule has 2 N–H and O–H groups in total. The van der Waals surface area contributed by atoms with Crippen LogP contribution in [0.15, 0.2) is 36.9 Å². The van der Waals surface area contributed by atoms with Crippen LogP contribution in [0.25, 0.3) is 0 Å². The zero-order valence-corrected chi connectivity index (χ0v) is 13.2. The number of unbranched alkanes of at least 4 members (excludes halogenated alkanes) is 1. The number of imidazole rings is 1. The van der Waals surface area contributed by atoms with E-state index in [-0.39, 0.29) is 0 Å². The monoisotopic (exact) mass is 327 g/mol. The van der Waals surface area contributed by atoms with Crippen molar-refractivity contribution in [2.24, 2.45) is 0 Å². The Hall–Kier alpha value is -1.07. The molecule has 1 aromatic heterocycles. The molecule has 0 saturated heterocycles. The maximum atomic E-state index is 10.1. The molecule has 0 spiro atoms. The highest BCUT2D eigenvalue weighted by molar-refractivity contribution is 6.33. The number of hydrogen-bond acceptors (Lipinski definition) is 3. The van der Waals surface area contributed by atoms with Crippen LogP contribution in [0, 0.1) is 0 Å². The van der Waals surface area contributed by atoms with E-state index in [0.29, 0.717) is 22.2 Å². The van der Waals surface area contributed by atoms with E-state index in [9.17, 15) is 5.11 Å². The molecular weight excluding hydrogens is 309 g/mol. The topological polar surface area (TPSA) is 50.1 Å². The summed E-state index contributed by atoms with van der Waals surface area (Å²) in [6.07, 6.45) is 7.01. The molecule has 1 aromatic carbocycles. The van der Waals surface area contributed by atoms with Gasteiger partial charge in [-0.1, -0.05) is 23.2 Å². The maximum absolute atomic E-state index is 10.1. The molecule has 1 unspecified atom stereocenters. The number of benzene rings is 1. The second-order valence-corrected chi connectivity index (χ2v) is 5.74. The van der Waals surface area contributed by atoms with Gasteiger partial charge in [0.2, 0.25) is 0 Å². The summed E-state index contributed by atoms with van der Waals surface area (Å²) in [5.41, 5.74) is 0.662. The lowest BCUT2D eigenvalue weighted by atomic mass is 10.1. The quantitative estimate of drug-likeness (QED) is 0.731. The van der Waals surface area contributed by atoms with E-state index in [1.165, 1.54) is 0 Å². The molecule has 0 aliphatic rings. The lowest BCUT2D eigenvalue weighted by molar-refractivity contribution is 0.175. The van der Waals surface area contributed by atoms with Gasteiger partial charge in [-0.3, -0.25) is 0 Å². The van der Waals surface area contributed by atoms with E-state index < -0.39 is 6.10 Å². The van der Waals surface area contributed by atoms with Crippen molar-refractivity contribution in [1.29, 1.82) is 0 Å². The third-order valence-electron chi connectivity index (χ3n) is 3.23. The largest absolute Gasteiger partial charge is 0.387 e. The molecule has 0 bridgehead atoms. The highest BCUT2D eigenvalue weighted by Gasteiger charge is 2.11. The van der Waals surface area contributed by atoms with Crippen LogP contribution in [0.1, 0.15) is 24.5 Å². The lowest BCUT2D eigenvalue weighted by Gasteiger charge is -2.14. The van der Waals surface area contributed by atoms with Crippen molar-refractivity contribution in [2.75, 3.05) is 13.1 Å². The van der Waals surface area contributed by atoms with E-state index in [2.05, 4.69) is 14.9 Å². The predicted molar refractivity (Wildman–Crippen MR) is 85.8 cm³/mol. The number of hydrogen-bond donors (Lipinski definition) is 2. The number of rotatable bonds is 8. The van der Waals surface area contributed by atoms with Crippen LogP contribution in [-0.2, 0) is 6.54 Å². The summed E-state index contributed by atoms with van der Waals surface area (Å²) in [5.74, 6) is 0. The van der Waals surface area contributed by atoms with E-state index in [1.807, 2.05) is 12.5 Å². The summed E-state index contributed by atoms with van der Waals surface area (Å²) in [5, 5.41) is 14.5. The Morgan fingerprint density at radius 2 is 2.14 bits per heavy atom. The number of aryl methyl sites for hydroxylation is 1. The third-order valence-corrected chi connectivity index (χ3v) is 3.81. The highest BCUT2D eigenvalue weighted by atomic mass is 35.5. The molecule has 0 saturated carbocycles. The smallest absolute Gasteiger partial charge is 0.0945 e. The standard InChI is InChI=1S/C15H19Cl2N3O/c16-12-3-4-14(17)13(9-12)15(21)10-18-5-1-2-7-20-8-6-19-11-20/h3-4,6,8-9,11,15,18,21H,1-2,5,7,10H2. The maximum Gasteiger partial charge on any atom is 0.0945 e. The van der Waals surface area contributed by atoms with Crippen LogP contribution in [0.2, 0.25) is 10.0 Å². The minimum atomic E-state index is -0.648. The van der Waals surface area contributed by atoms with E-state index in [4.69, 9.17) is 23.2 Å². The van der Waals surface area contributed by atoms with Gasteiger partial charge >= 0.3 is 0 Å². The average Bonchev–Trinajstić information content (AvgIpc) is 2.98. The zero-order chi connectivity index (χ0) is 15.1. The SMILES string of the molecule is OC(CNCCCCn1ccnc1)c1cc(Cl)ccc1Cl. The first-order valence-corrected chi connectivity index (χ1v) is 7.72. The Kier molecular flexibility index (Phi) is 6.51. The number of aliphatic hydroxyl groups excluding tert-OH is 1. The molecular formula is C15H19Cl2N3O. The Bertz CT molecular complexity index is 546. The van der Waals surface area contributed by atoms with Crippen molar-refractivity contribution >= 4 is 23.2 Å². The summed E-state index contributed by atoms with van der Waals surface area (Å²) in [6, 6.07) is 5.12. The molecule has 6 heteroatoms. The van der Waals surface area contributed by atoms with Gasteiger partial charge in [-0.15, -0.1) is 0 Å². The molecule has 0 amide bonds. The highest BCUT2D eigenvalue weighted by Crippen LogP contribution is 2.25. The van der Waals surface area contributed by atoms with Gasteiger partial charge < -0.3 is 15.0 Å². The Morgan fingerprint density at radius 1 is 1.29 bits per heavy atom. The van der Waals surface area contributed by atoms with Gasteiger partial charge in [0, 0.05) is 41.1 Å². The van der Waals surface area contributed by atoms with Gasteiger partial charge in [-0.2, -0.15) is 0 Å². The summed E-state index contributed by atoms with van der Waals surface area (Å²) in [6.45, 7) is 2.28. The van der Waals surface area contributed by atoms with Gasteiger partial charge in [-0.05, 0) is 37.6 Å². The number of nitrogens with one attached hydrogen (secondary N) is 1. The minimum absolute atomic E-state index is 0.463. The number of halogens is 2. The van der Waals surface area contributed by atoms with E-state index in [1.54, 1.807) is 24.4 Å². The molecule has 21 heavy (non-hydrogen) atoms. The van der Waals surface area contributed by atoms with Gasteiger partial charge in [0.25, 0.3) is 0 Å². The van der Waals surface area contributed by atoms with Crippen LogP contribution >= 0.6 is 23.2 Å². The fourth-order valence-electron chi connectivity index (χ4n) is 2.08. The molecule has 114 valence electrons. The first kappa shape index (κ1) is 16.3. The number of aromatic nitrogens is 2. The normalized spacial score (nSPS) is 12.5. The number of aliphatic hydroxyl groups is 1. The Balaban J connectivity index is 1.65. The van der Waals surface area contributed by atoms with E-state index in [0.717, 1.165) is 25.9 Å². The summed E-state index contributed by atoms with van der Waals surface area (Å²) < 4.78 is 2.06. The van der Waals surface area contributed by atoms with Gasteiger partial charge in [0.15, 0.2) is 0 Å². The fourth-order valence-corrected chi connectivity index (χ4v) is 2.51. The second-order valence-electron chi connectivity index (χ2n) is 4.89. The van der Waals surface area contributed by atoms with Crippen LogP contribution in [0.4, 0.5) is 0 Å². The molecule has 0 aliphatic heterocycles. The van der Waals surface area contributed by atoms with Gasteiger partial charge in [0.05, 0.1) is 12.4 Å². The van der Waals surface area contributed by atoms with Crippen molar-refractivity contribution < 1.29 is 5.11 Å². The van der Waals surface area contributed by atoms with Gasteiger partial charge in [0.1, 0.15) is 0 Å². The molecule has 1 heterocycles. The van der Waals surface area contributed by atoms with Crippen molar-refractivity contribution in [3.8, 4) is 0 Å². The average molecular weight is 328 g/mol. The molecule has 0 aliphatic carbocycles. The van der Waals surface area contributed by atoms with Crippen molar-refractivity contribution in [3.63, 3.8) is 0 Å². The number of nitrogens with zero attached hydrogens (tertiary/aromatic N) is 2. The molecule has 0 radical (unpaired) electrons. The molecule has 0 fully saturated rings. The first-order valence-electron chi connectivity index (χ1n) is 6.96. The summed E-state index contributed by atoms with van der Waals surface area (Å²) in [7, 11) is 0. The third kappa shape index (κ3) is 5.32. The minimum Gasteiger partial charge on any atom is -0.387 e. The Labute approximate surface area is 134 Å². The van der Waals surface area contributed by atoms with Crippen LogP contribution in [0.3, 0.4) is 0 Å². The van der Waals surface area contributed by atoms with Crippen LogP contribution in [0.5, 0.6) is 0 Å². The lowest BCUT2D eigenvalue weighted by Crippen LogP contribution is -2.23. The van der Waals surface area contributed by atoms with E-state index >= 15 is 0 Å². The summed E-state index contributed by atoms with van der Waals surface area (Å²) >= 11 is 12.0. The molecule has 1 atom stereocenters. The molecule has 2 rings (SSSR count). The fraction of sp³-hybridized carbons (Fsp3) is 0.400. The van der Waals surface area contributed by atoms with Crippen molar-refractivity contribution in [2.45, 2.75) is 25.5 Å². The van der Waals surface area contributed by atoms with Crippen molar-refractivity contribution in [1.82, 2.24) is 14.9 Å². The predicted octanol–water partition coefficient (Wildman–Crippen LogP) is 3.29. The first-order chi connectivity index (χ1) is 10.2. The molecule has 2 aromatic rings. The zero-order valence-electron chi connectivity index (χ0n) is 11.7. The second kappa shape index (κ2) is 8.39. The van der Waals surface area contributed by atoms with Crippen LogP contribution in [-0.4, -0.2) is 27.7 Å². The van der Waals surface area contributed by atoms with Crippen LogP contribution < -0.4 is 5.32 Å². The summed E-state index contributed by atoms with van der Waals surface area (Å²) in [4.78, 5) is 4.00. The van der Waals surface area contributed by atoms with Crippen molar-refractivity contribution in [3.05, 3.63) is 52.5 Å².